The van der Waals surface area contributed by atoms with Crippen molar-refractivity contribution < 1.29 is 9.47 Å². The maximum atomic E-state index is 5.89. The summed E-state index contributed by atoms with van der Waals surface area (Å²) < 4.78 is 13.4. The molecule has 0 amide bonds. The number of thioether (sulfide) groups is 2. The van der Waals surface area contributed by atoms with Gasteiger partial charge >= 0.3 is 0 Å². The van der Waals surface area contributed by atoms with E-state index in [2.05, 4.69) is 23.3 Å². The molecule has 4 aliphatic rings. The quantitative estimate of drug-likeness (QED) is 0.194. The van der Waals surface area contributed by atoms with Crippen molar-refractivity contribution in [3.63, 3.8) is 0 Å². The van der Waals surface area contributed by atoms with Crippen molar-refractivity contribution in [3.8, 4) is 0 Å². The van der Waals surface area contributed by atoms with E-state index in [4.69, 9.17) is 33.9 Å². The minimum atomic E-state index is 0.428. The van der Waals surface area contributed by atoms with Crippen LogP contribution in [0.4, 0.5) is 0 Å². The van der Waals surface area contributed by atoms with Crippen LogP contribution in [0.15, 0.2) is 0 Å². The van der Waals surface area contributed by atoms with Gasteiger partial charge in [-0.05, 0) is 101 Å². The highest BCUT2D eigenvalue weighted by Gasteiger charge is 2.21. The third-order valence-corrected chi connectivity index (χ3v) is 10.2. The molecule has 0 atom stereocenters. The van der Waals surface area contributed by atoms with E-state index in [-0.39, 0.29) is 0 Å². The SMILES string of the molecule is S=C(OC1CCCCC1)SC1CCCCC1.S=C(OC1CCCCC1)SC1CCCCC1.SS. The smallest absolute Gasteiger partial charge is 0.220 e. The zero-order chi connectivity index (χ0) is 24.4. The van der Waals surface area contributed by atoms with E-state index >= 15 is 0 Å². The van der Waals surface area contributed by atoms with E-state index in [0.29, 0.717) is 12.2 Å². The Balaban J connectivity index is 0.000000224. The lowest BCUT2D eigenvalue weighted by atomic mass is 9.98. The van der Waals surface area contributed by atoms with Gasteiger partial charge in [-0.25, -0.2) is 0 Å². The molecule has 34 heavy (non-hydrogen) atoms. The van der Waals surface area contributed by atoms with Gasteiger partial charge in [0, 0.05) is 10.5 Å². The van der Waals surface area contributed by atoms with Crippen molar-refractivity contribution in [1.82, 2.24) is 0 Å². The molecule has 0 aromatic rings. The standard InChI is InChI=1S/2C13H22OS2.H2S2/c2*15-13(14-11-7-3-1-4-8-11)16-12-9-5-2-6-10-12;1-2/h2*11-12H,1-10H2;1-2H. The van der Waals surface area contributed by atoms with Crippen molar-refractivity contribution in [2.24, 2.45) is 0 Å². The maximum absolute atomic E-state index is 5.89. The second-order valence-corrected chi connectivity index (χ2v) is 13.8. The van der Waals surface area contributed by atoms with Gasteiger partial charge in [0.05, 0.1) is 0 Å². The van der Waals surface area contributed by atoms with Gasteiger partial charge in [-0.1, -0.05) is 74.9 Å². The van der Waals surface area contributed by atoms with E-state index in [0.717, 1.165) is 19.3 Å². The predicted octanol–water partition coefficient (Wildman–Crippen LogP) is 10.1. The molecular weight excluding hydrogens is 537 g/mol. The predicted molar refractivity (Wildman–Crippen MR) is 168 cm³/mol. The molecule has 0 radical (unpaired) electrons. The summed E-state index contributed by atoms with van der Waals surface area (Å²) >= 11 is 20.8. The molecule has 4 aliphatic carbocycles. The van der Waals surface area contributed by atoms with Crippen LogP contribution in [0.2, 0.25) is 0 Å². The van der Waals surface area contributed by atoms with Gasteiger partial charge in [-0.15, -0.1) is 23.3 Å². The van der Waals surface area contributed by atoms with Crippen LogP contribution in [-0.4, -0.2) is 31.5 Å². The molecule has 0 N–H and O–H groups in total. The summed E-state index contributed by atoms with van der Waals surface area (Å²) in [5.74, 6) is 0. The Kier molecular flexibility index (Phi) is 18.6. The molecular formula is C26H46O2S6. The van der Waals surface area contributed by atoms with Crippen LogP contribution in [0.25, 0.3) is 0 Å². The molecule has 0 aromatic carbocycles. The first-order chi connectivity index (χ1) is 16.7. The average molecular weight is 583 g/mol. The van der Waals surface area contributed by atoms with Crippen LogP contribution < -0.4 is 0 Å². The first-order valence-corrected chi connectivity index (χ1v) is 17.8. The second-order valence-electron chi connectivity index (χ2n) is 10.0. The fourth-order valence-corrected chi connectivity index (χ4v) is 8.49. The van der Waals surface area contributed by atoms with Crippen LogP contribution in [0.5, 0.6) is 0 Å². The number of hydrogen-bond acceptors (Lipinski definition) is 8. The number of thiol groups is 2. The minimum Gasteiger partial charge on any atom is -0.475 e. The van der Waals surface area contributed by atoms with Crippen LogP contribution in [-0.2, 0) is 9.47 Å². The Morgan fingerprint density at radius 2 is 0.735 bits per heavy atom. The second kappa shape index (κ2) is 20.2. The molecule has 0 saturated heterocycles. The van der Waals surface area contributed by atoms with Crippen molar-refractivity contribution >= 4 is 80.0 Å². The van der Waals surface area contributed by atoms with E-state index < -0.39 is 0 Å². The van der Waals surface area contributed by atoms with Crippen molar-refractivity contribution in [2.75, 3.05) is 0 Å². The normalized spacial score (nSPS) is 23.0. The highest BCUT2D eigenvalue weighted by molar-refractivity contribution is 8.59. The third-order valence-electron chi connectivity index (χ3n) is 7.26. The summed E-state index contributed by atoms with van der Waals surface area (Å²) in [6, 6.07) is 0. The highest BCUT2D eigenvalue weighted by atomic mass is 33.1. The molecule has 0 bridgehead atoms. The van der Waals surface area contributed by atoms with Crippen LogP contribution in [0.3, 0.4) is 0 Å². The lowest BCUT2D eigenvalue weighted by Crippen LogP contribution is -2.20. The molecule has 4 rings (SSSR count). The molecule has 0 heterocycles. The summed E-state index contributed by atoms with van der Waals surface area (Å²) in [4.78, 5) is 0. The number of thiocarbonyl (C=S) groups is 2. The highest BCUT2D eigenvalue weighted by Crippen LogP contribution is 2.32. The summed E-state index contributed by atoms with van der Waals surface area (Å²) in [7, 11) is 0. The molecule has 0 aromatic heterocycles. The average Bonchev–Trinajstić information content (AvgIpc) is 2.88. The zero-order valence-corrected chi connectivity index (χ0v) is 25.9. The Morgan fingerprint density at radius 1 is 0.471 bits per heavy atom. The fraction of sp³-hybridized carbons (Fsp3) is 0.923. The van der Waals surface area contributed by atoms with Gasteiger partial charge in [-0.2, -0.15) is 0 Å². The van der Waals surface area contributed by atoms with Gasteiger partial charge in [-0.3, -0.25) is 0 Å². The lowest BCUT2D eigenvalue weighted by Gasteiger charge is -2.25. The van der Waals surface area contributed by atoms with Gasteiger partial charge in [0.15, 0.2) is 0 Å². The molecule has 0 spiro atoms. The van der Waals surface area contributed by atoms with Crippen LogP contribution in [0, 0.1) is 0 Å². The Bertz CT molecular complexity index is 445. The lowest BCUT2D eigenvalue weighted by molar-refractivity contribution is 0.152. The molecule has 198 valence electrons. The van der Waals surface area contributed by atoms with E-state index in [1.54, 1.807) is 0 Å². The third kappa shape index (κ3) is 14.2. The number of rotatable bonds is 4. The maximum Gasteiger partial charge on any atom is 0.220 e. The van der Waals surface area contributed by atoms with E-state index in [1.165, 1.54) is 128 Å². The van der Waals surface area contributed by atoms with Gasteiger partial charge in [0.2, 0.25) is 8.77 Å². The van der Waals surface area contributed by atoms with Crippen molar-refractivity contribution in [2.45, 2.75) is 151 Å². The Morgan fingerprint density at radius 3 is 1.03 bits per heavy atom. The summed E-state index contributed by atoms with van der Waals surface area (Å²) in [6.45, 7) is 0. The van der Waals surface area contributed by atoms with Crippen LogP contribution >= 0.6 is 71.3 Å². The van der Waals surface area contributed by atoms with Crippen molar-refractivity contribution in [3.05, 3.63) is 0 Å². The molecule has 0 aliphatic heterocycles. The van der Waals surface area contributed by atoms with Gasteiger partial charge in [0.1, 0.15) is 12.2 Å². The Labute approximate surface area is 239 Å². The first-order valence-electron chi connectivity index (χ1n) is 13.6. The molecule has 8 heteroatoms. The molecule has 2 nitrogen and oxygen atoms in total. The molecule has 4 saturated carbocycles. The first kappa shape index (κ1) is 31.4. The zero-order valence-electron chi connectivity index (χ0n) is 20.8. The largest absolute Gasteiger partial charge is 0.475 e. The summed E-state index contributed by atoms with van der Waals surface area (Å²) in [5, 5.41) is 1.48. The molecule has 4 fully saturated rings. The number of ether oxygens (including phenoxy) is 2. The van der Waals surface area contributed by atoms with E-state index in [1.807, 2.05) is 23.5 Å². The minimum absolute atomic E-state index is 0.428. The van der Waals surface area contributed by atoms with Gasteiger partial charge < -0.3 is 9.47 Å². The number of hydrogen-bond donors (Lipinski definition) is 2. The summed E-state index contributed by atoms with van der Waals surface area (Å²) in [5.41, 5.74) is 0. The van der Waals surface area contributed by atoms with Gasteiger partial charge in [0.25, 0.3) is 0 Å². The van der Waals surface area contributed by atoms with Crippen LogP contribution in [0.1, 0.15) is 128 Å². The molecule has 0 unspecified atom stereocenters. The monoisotopic (exact) mass is 582 g/mol. The topological polar surface area (TPSA) is 18.5 Å². The fourth-order valence-electron chi connectivity index (χ4n) is 5.33. The van der Waals surface area contributed by atoms with E-state index in [9.17, 15) is 0 Å². The van der Waals surface area contributed by atoms with Crippen molar-refractivity contribution in [1.29, 1.82) is 0 Å². The summed E-state index contributed by atoms with van der Waals surface area (Å²) in [6.07, 6.45) is 27.4. The Hall–Kier alpha value is 1.18.